The Bertz CT molecular complexity index is 330. The van der Waals surface area contributed by atoms with Gasteiger partial charge in [0.15, 0.2) is 0 Å². The van der Waals surface area contributed by atoms with E-state index < -0.39 is 10.8 Å². The van der Waals surface area contributed by atoms with Crippen molar-refractivity contribution in [3.8, 4) is 0 Å². The number of hydrogen-bond donors (Lipinski definition) is 1. The lowest BCUT2D eigenvalue weighted by molar-refractivity contribution is 0.165. The Hall–Kier alpha value is 0.110. The van der Waals surface area contributed by atoms with Gasteiger partial charge in [0, 0.05) is 22.1 Å². The summed E-state index contributed by atoms with van der Waals surface area (Å²) in [5, 5.41) is 4.30. The van der Waals surface area contributed by atoms with Gasteiger partial charge in [-0.2, -0.15) is 0 Å². The van der Waals surface area contributed by atoms with Crippen LogP contribution in [0.4, 0.5) is 0 Å². The van der Waals surface area contributed by atoms with Crippen molar-refractivity contribution in [2.24, 2.45) is 11.3 Å². The van der Waals surface area contributed by atoms with Crippen molar-refractivity contribution in [3.63, 3.8) is 0 Å². The molecule has 2 saturated carbocycles. The number of hydrogen-bond acceptors (Lipinski definition) is 2. The Morgan fingerprint density at radius 3 is 2.20 bits per heavy atom. The Labute approximate surface area is 127 Å². The van der Waals surface area contributed by atoms with Crippen LogP contribution >= 0.6 is 0 Å². The van der Waals surface area contributed by atoms with Crippen LogP contribution in [0, 0.1) is 11.3 Å². The molecular weight excluding hydrogens is 266 g/mol. The van der Waals surface area contributed by atoms with Gasteiger partial charge in [0.05, 0.1) is 5.25 Å². The minimum atomic E-state index is -0.641. The molecule has 2 fully saturated rings. The maximum atomic E-state index is 13.1. The van der Waals surface area contributed by atoms with Crippen LogP contribution < -0.4 is 5.32 Å². The lowest BCUT2D eigenvalue weighted by Gasteiger charge is -2.42. The minimum absolute atomic E-state index is 0.355. The van der Waals surface area contributed by atoms with Gasteiger partial charge in [0.1, 0.15) is 0 Å². The number of rotatable bonds is 3. The highest BCUT2D eigenvalue weighted by Crippen LogP contribution is 2.40. The first-order valence-corrected chi connectivity index (χ1v) is 9.77. The predicted molar refractivity (Wildman–Crippen MR) is 88.4 cm³/mol. The normalized spacial score (nSPS) is 34.9. The molecule has 0 heterocycles. The largest absolute Gasteiger partial charge is 0.316 e. The second-order valence-electron chi connectivity index (χ2n) is 7.90. The van der Waals surface area contributed by atoms with Crippen molar-refractivity contribution in [2.75, 3.05) is 7.05 Å². The lowest BCUT2D eigenvalue weighted by atomic mass is 9.71. The average Bonchev–Trinajstić information content (AvgIpc) is 2.45. The SMILES string of the molecule is CNC1CCC(C(C)(C)C)CC1S(=O)C1CCCCC1. The average molecular weight is 300 g/mol. The van der Waals surface area contributed by atoms with E-state index in [2.05, 4.69) is 26.1 Å². The molecule has 2 rings (SSSR count). The van der Waals surface area contributed by atoms with E-state index in [0.717, 1.165) is 12.3 Å². The Morgan fingerprint density at radius 1 is 1.00 bits per heavy atom. The van der Waals surface area contributed by atoms with Gasteiger partial charge in [-0.3, -0.25) is 4.21 Å². The van der Waals surface area contributed by atoms with Crippen molar-refractivity contribution in [3.05, 3.63) is 0 Å². The molecule has 4 unspecified atom stereocenters. The molecule has 4 atom stereocenters. The molecule has 3 heteroatoms. The maximum absolute atomic E-state index is 13.1. The molecule has 0 aromatic carbocycles. The molecule has 1 N–H and O–H groups in total. The molecule has 0 aromatic heterocycles. The molecule has 0 bridgehead atoms. The molecular formula is C17H33NOS. The molecule has 2 aliphatic carbocycles. The predicted octanol–water partition coefficient (Wildman–Crippen LogP) is 3.87. The van der Waals surface area contributed by atoms with Crippen LogP contribution in [0.15, 0.2) is 0 Å². The highest BCUT2D eigenvalue weighted by atomic mass is 32.2. The van der Waals surface area contributed by atoms with E-state index >= 15 is 0 Å². The first-order valence-electron chi connectivity index (χ1n) is 8.50. The fraction of sp³-hybridized carbons (Fsp3) is 1.00. The highest BCUT2D eigenvalue weighted by molar-refractivity contribution is 7.86. The van der Waals surface area contributed by atoms with Crippen LogP contribution in [0.3, 0.4) is 0 Å². The summed E-state index contributed by atoms with van der Waals surface area (Å²) in [6.07, 6.45) is 9.94. The lowest BCUT2D eigenvalue weighted by Crippen LogP contribution is -2.49. The summed E-state index contributed by atoms with van der Waals surface area (Å²) in [6, 6.07) is 0.469. The smallest absolute Gasteiger partial charge is 0.0506 e. The molecule has 118 valence electrons. The first kappa shape index (κ1) is 16.5. The fourth-order valence-corrected chi connectivity index (χ4v) is 6.36. The third kappa shape index (κ3) is 3.85. The second-order valence-corrected chi connectivity index (χ2v) is 9.83. The van der Waals surface area contributed by atoms with E-state index in [-0.39, 0.29) is 0 Å². The highest BCUT2D eigenvalue weighted by Gasteiger charge is 2.40. The molecule has 2 nitrogen and oxygen atoms in total. The standard InChI is InChI=1S/C17H33NOS/c1-17(2,3)13-10-11-15(18-4)16(12-13)20(19)14-8-6-5-7-9-14/h13-16,18H,5-12H2,1-4H3. The summed E-state index contributed by atoms with van der Waals surface area (Å²) in [6.45, 7) is 7.04. The zero-order chi connectivity index (χ0) is 14.8. The summed E-state index contributed by atoms with van der Waals surface area (Å²) in [7, 11) is 1.41. The molecule has 0 radical (unpaired) electrons. The van der Waals surface area contributed by atoms with E-state index in [4.69, 9.17) is 0 Å². The summed E-state index contributed by atoms with van der Waals surface area (Å²) < 4.78 is 13.1. The fourth-order valence-electron chi connectivity index (χ4n) is 4.05. The topological polar surface area (TPSA) is 29.1 Å². The van der Waals surface area contributed by atoms with Crippen LogP contribution in [0.2, 0.25) is 0 Å². The maximum Gasteiger partial charge on any atom is 0.0506 e. The van der Waals surface area contributed by atoms with Gasteiger partial charge in [0.25, 0.3) is 0 Å². The Morgan fingerprint density at radius 2 is 1.65 bits per heavy atom. The number of nitrogens with one attached hydrogen (secondary N) is 1. The monoisotopic (exact) mass is 299 g/mol. The molecule has 0 aliphatic heterocycles. The summed E-state index contributed by atoms with van der Waals surface area (Å²) in [5.41, 5.74) is 0.355. The van der Waals surface area contributed by atoms with E-state index in [1.807, 2.05) is 7.05 Å². The van der Waals surface area contributed by atoms with Crippen molar-refractivity contribution in [2.45, 2.75) is 88.7 Å². The summed E-state index contributed by atoms with van der Waals surface area (Å²) in [5.74, 6) is 0.727. The van der Waals surface area contributed by atoms with E-state index in [1.54, 1.807) is 0 Å². The van der Waals surface area contributed by atoms with Crippen LogP contribution in [0.5, 0.6) is 0 Å². The zero-order valence-electron chi connectivity index (χ0n) is 13.8. The van der Waals surface area contributed by atoms with Gasteiger partial charge in [-0.15, -0.1) is 0 Å². The molecule has 2 aliphatic rings. The quantitative estimate of drug-likeness (QED) is 0.857. The molecule has 0 saturated heterocycles. The minimum Gasteiger partial charge on any atom is -0.316 e. The van der Waals surface area contributed by atoms with Crippen molar-refractivity contribution in [1.29, 1.82) is 0 Å². The Kier molecular flexibility index (Phi) is 5.70. The zero-order valence-corrected chi connectivity index (χ0v) is 14.6. The van der Waals surface area contributed by atoms with Crippen molar-refractivity contribution in [1.82, 2.24) is 5.32 Å². The van der Waals surface area contributed by atoms with E-state index in [9.17, 15) is 4.21 Å². The van der Waals surface area contributed by atoms with E-state index in [1.165, 1.54) is 44.9 Å². The van der Waals surface area contributed by atoms with Gasteiger partial charge in [-0.25, -0.2) is 0 Å². The van der Waals surface area contributed by atoms with Gasteiger partial charge >= 0.3 is 0 Å². The van der Waals surface area contributed by atoms with Gasteiger partial charge < -0.3 is 5.32 Å². The van der Waals surface area contributed by atoms with Crippen LogP contribution in [0.25, 0.3) is 0 Å². The third-order valence-corrected chi connectivity index (χ3v) is 7.81. The van der Waals surface area contributed by atoms with Gasteiger partial charge in [0.2, 0.25) is 0 Å². The van der Waals surface area contributed by atoms with Crippen molar-refractivity contribution < 1.29 is 4.21 Å². The third-order valence-electron chi connectivity index (χ3n) is 5.57. The summed E-state index contributed by atoms with van der Waals surface area (Å²) >= 11 is 0. The van der Waals surface area contributed by atoms with Crippen LogP contribution in [0.1, 0.15) is 72.1 Å². The summed E-state index contributed by atoms with van der Waals surface area (Å²) in [4.78, 5) is 0. The van der Waals surface area contributed by atoms with Crippen LogP contribution in [-0.4, -0.2) is 27.8 Å². The molecule has 20 heavy (non-hydrogen) atoms. The van der Waals surface area contributed by atoms with E-state index in [0.29, 0.717) is 22.0 Å². The first-order chi connectivity index (χ1) is 9.43. The molecule has 0 amide bonds. The Balaban J connectivity index is 2.06. The second kappa shape index (κ2) is 6.91. The van der Waals surface area contributed by atoms with Gasteiger partial charge in [-0.1, -0.05) is 40.0 Å². The van der Waals surface area contributed by atoms with Crippen molar-refractivity contribution >= 4 is 10.8 Å². The van der Waals surface area contributed by atoms with Crippen LogP contribution in [-0.2, 0) is 10.8 Å². The molecule has 0 aromatic rings. The van der Waals surface area contributed by atoms with Gasteiger partial charge in [-0.05, 0) is 50.5 Å². The molecule has 0 spiro atoms.